The van der Waals surface area contributed by atoms with Crippen LogP contribution >= 0.6 is 0 Å². The summed E-state index contributed by atoms with van der Waals surface area (Å²) >= 11 is 0. The van der Waals surface area contributed by atoms with Crippen molar-refractivity contribution >= 4 is 5.97 Å². The van der Waals surface area contributed by atoms with Gasteiger partial charge in [-0.05, 0) is 44.2 Å². The van der Waals surface area contributed by atoms with Crippen molar-refractivity contribution < 1.29 is 9.90 Å². The van der Waals surface area contributed by atoms with Gasteiger partial charge in [0.15, 0.2) is 0 Å². The Morgan fingerprint density at radius 3 is 2.50 bits per heavy atom. The van der Waals surface area contributed by atoms with E-state index in [1.807, 2.05) is 0 Å². The van der Waals surface area contributed by atoms with Crippen LogP contribution in [0.1, 0.15) is 19.3 Å². The normalized spacial score (nSPS) is 36.3. The van der Waals surface area contributed by atoms with Crippen molar-refractivity contribution in [1.29, 1.82) is 0 Å². The third-order valence-electron chi connectivity index (χ3n) is 3.15. The van der Waals surface area contributed by atoms with Gasteiger partial charge in [0.1, 0.15) is 0 Å². The highest BCUT2D eigenvalue weighted by atomic mass is 16.4. The number of hydrogen-bond donors (Lipinski definition) is 2. The van der Waals surface area contributed by atoms with Crippen LogP contribution in [-0.2, 0) is 4.79 Å². The lowest BCUT2D eigenvalue weighted by Crippen LogP contribution is -2.29. The molecule has 0 aromatic rings. The largest absolute Gasteiger partial charge is 0.481 e. The Kier molecular flexibility index (Phi) is 2.05. The van der Waals surface area contributed by atoms with Gasteiger partial charge in [0, 0.05) is 0 Å². The molecule has 2 atom stereocenters. The second-order valence-electron chi connectivity index (χ2n) is 3.93. The molecule has 1 aliphatic carbocycles. The van der Waals surface area contributed by atoms with E-state index in [2.05, 4.69) is 5.32 Å². The Morgan fingerprint density at radius 2 is 2.00 bits per heavy atom. The van der Waals surface area contributed by atoms with Crippen LogP contribution in [0, 0.1) is 17.8 Å². The highest BCUT2D eigenvalue weighted by molar-refractivity contribution is 5.73. The average molecular weight is 169 g/mol. The van der Waals surface area contributed by atoms with Gasteiger partial charge in [-0.25, -0.2) is 0 Å². The van der Waals surface area contributed by atoms with Crippen molar-refractivity contribution in [2.45, 2.75) is 19.3 Å². The molecular weight excluding hydrogens is 154 g/mol. The standard InChI is InChI=1S/C9H15NO2/c11-9(12)8-5-7(8)6-1-3-10-4-2-6/h6-8,10H,1-5H2,(H,11,12)/t7-,8+/m1/s1. The van der Waals surface area contributed by atoms with Crippen LogP contribution in [0.3, 0.4) is 0 Å². The number of piperidine rings is 1. The fraction of sp³-hybridized carbons (Fsp3) is 0.889. The minimum Gasteiger partial charge on any atom is -0.481 e. The molecule has 0 spiro atoms. The number of aliphatic carboxylic acids is 1. The molecule has 0 aromatic heterocycles. The van der Waals surface area contributed by atoms with Crippen molar-refractivity contribution in [2.24, 2.45) is 17.8 Å². The first kappa shape index (κ1) is 8.05. The number of carbonyl (C=O) groups is 1. The molecule has 2 rings (SSSR count). The summed E-state index contributed by atoms with van der Waals surface area (Å²) in [6.07, 6.45) is 3.28. The van der Waals surface area contributed by atoms with Crippen LogP contribution in [0.15, 0.2) is 0 Å². The van der Waals surface area contributed by atoms with Gasteiger partial charge in [0.05, 0.1) is 5.92 Å². The second kappa shape index (κ2) is 3.05. The van der Waals surface area contributed by atoms with Crippen molar-refractivity contribution in [3.63, 3.8) is 0 Å². The molecular formula is C9H15NO2. The van der Waals surface area contributed by atoms with Crippen LogP contribution in [0.4, 0.5) is 0 Å². The molecule has 2 N–H and O–H groups in total. The molecule has 2 aliphatic rings. The Bertz CT molecular complexity index is 187. The van der Waals surface area contributed by atoms with Crippen molar-refractivity contribution in [3.8, 4) is 0 Å². The number of carboxylic acid groups (broad SMARTS) is 1. The van der Waals surface area contributed by atoms with E-state index in [4.69, 9.17) is 5.11 Å². The molecule has 3 heteroatoms. The molecule has 1 heterocycles. The van der Waals surface area contributed by atoms with Gasteiger partial charge in [-0.1, -0.05) is 0 Å². The topological polar surface area (TPSA) is 49.3 Å². The first-order chi connectivity index (χ1) is 5.79. The zero-order valence-electron chi connectivity index (χ0n) is 7.12. The van der Waals surface area contributed by atoms with Crippen LogP contribution in [0.5, 0.6) is 0 Å². The molecule has 0 unspecified atom stereocenters. The summed E-state index contributed by atoms with van der Waals surface area (Å²) in [4.78, 5) is 10.6. The Labute approximate surface area is 72.2 Å². The summed E-state index contributed by atoms with van der Waals surface area (Å²) in [5.74, 6) is 0.601. The highest BCUT2D eigenvalue weighted by Gasteiger charge is 2.47. The van der Waals surface area contributed by atoms with Crippen molar-refractivity contribution in [1.82, 2.24) is 5.32 Å². The molecule has 0 amide bonds. The average Bonchev–Trinajstić information content (AvgIpc) is 2.84. The van der Waals surface area contributed by atoms with Gasteiger partial charge in [-0.2, -0.15) is 0 Å². The number of carboxylic acids is 1. The number of hydrogen-bond acceptors (Lipinski definition) is 2. The van der Waals surface area contributed by atoms with Crippen molar-refractivity contribution in [2.75, 3.05) is 13.1 Å². The molecule has 1 aliphatic heterocycles. The minimum absolute atomic E-state index is 0.00639. The molecule has 12 heavy (non-hydrogen) atoms. The summed E-state index contributed by atoms with van der Waals surface area (Å²) in [5, 5.41) is 12.0. The SMILES string of the molecule is O=C(O)[C@H]1C[C@@H]1C1CCNCC1. The van der Waals surface area contributed by atoms with Gasteiger partial charge < -0.3 is 10.4 Å². The lowest BCUT2D eigenvalue weighted by atomic mass is 9.92. The predicted molar refractivity (Wildman–Crippen MR) is 44.8 cm³/mol. The monoisotopic (exact) mass is 169 g/mol. The van der Waals surface area contributed by atoms with E-state index >= 15 is 0 Å². The molecule has 0 radical (unpaired) electrons. The van der Waals surface area contributed by atoms with E-state index in [9.17, 15) is 4.79 Å². The third kappa shape index (κ3) is 1.46. The maximum absolute atomic E-state index is 10.6. The van der Waals surface area contributed by atoms with E-state index in [1.165, 1.54) is 12.8 Å². The number of rotatable bonds is 2. The molecule has 0 bridgehead atoms. The predicted octanol–water partition coefficient (Wildman–Crippen LogP) is 0.707. The molecule has 0 aromatic carbocycles. The summed E-state index contributed by atoms with van der Waals surface area (Å²) in [5.41, 5.74) is 0. The zero-order valence-corrected chi connectivity index (χ0v) is 7.12. The van der Waals surface area contributed by atoms with E-state index in [0.29, 0.717) is 11.8 Å². The van der Waals surface area contributed by atoms with Gasteiger partial charge in [-0.15, -0.1) is 0 Å². The summed E-state index contributed by atoms with van der Waals surface area (Å²) in [6.45, 7) is 2.15. The first-order valence-corrected chi connectivity index (χ1v) is 4.72. The summed E-state index contributed by atoms with van der Waals surface area (Å²) in [7, 11) is 0. The Balaban J connectivity index is 1.83. The maximum Gasteiger partial charge on any atom is 0.306 e. The molecule has 2 fully saturated rings. The van der Waals surface area contributed by atoms with Crippen LogP contribution in [0.25, 0.3) is 0 Å². The summed E-state index contributed by atoms with van der Waals surface area (Å²) in [6, 6.07) is 0. The van der Waals surface area contributed by atoms with E-state index in [1.54, 1.807) is 0 Å². The van der Waals surface area contributed by atoms with Crippen molar-refractivity contribution in [3.05, 3.63) is 0 Å². The van der Waals surface area contributed by atoms with E-state index in [0.717, 1.165) is 19.5 Å². The van der Waals surface area contributed by atoms with Gasteiger partial charge in [-0.3, -0.25) is 4.79 Å². The molecule has 1 saturated heterocycles. The minimum atomic E-state index is -0.585. The fourth-order valence-corrected chi connectivity index (χ4v) is 2.29. The third-order valence-corrected chi connectivity index (χ3v) is 3.15. The number of nitrogens with one attached hydrogen (secondary N) is 1. The second-order valence-corrected chi connectivity index (χ2v) is 3.93. The summed E-state index contributed by atoms with van der Waals surface area (Å²) < 4.78 is 0. The van der Waals surface area contributed by atoms with Gasteiger partial charge in [0.2, 0.25) is 0 Å². The van der Waals surface area contributed by atoms with E-state index in [-0.39, 0.29) is 5.92 Å². The molecule has 3 nitrogen and oxygen atoms in total. The van der Waals surface area contributed by atoms with Crippen LogP contribution in [-0.4, -0.2) is 24.2 Å². The molecule has 68 valence electrons. The van der Waals surface area contributed by atoms with E-state index < -0.39 is 5.97 Å². The molecule has 1 saturated carbocycles. The van der Waals surface area contributed by atoms with Crippen LogP contribution in [0.2, 0.25) is 0 Å². The zero-order chi connectivity index (χ0) is 8.55. The Hall–Kier alpha value is -0.570. The smallest absolute Gasteiger partial charge is 0.306 e. The maximum atomic E-state index is 10.6. The van der Waals surface area contributed by atoms with Gasteiger partial charge >= 0.3 is 5.97 Å². The first-order valence-electron chi connectivity index (χ1n) is 4.72. The lowest BCUT2D eigenvalue weighted by Gasteiger charge is -2.22. The highest BCUT2D eigenvalue weighted by Crippen LogP contribution is 2.47. The lowest BCUT2D eigenvalue weighted by molar-refractivity contribution is -0.139. The Morgan fingerprint density at radius 1 is 1.33 bits per heavy atom. The van der Waals surface area contributed by atoms with Gasteiger partial charge in [0.25, 0.3) is 0 Å². The fourth-order valence-electron chi connectivity index (χ4n) is 2.29. The van der Waals surface area contributed by atoms with Crippen LogP contribution < -0.4 is 5.32 Å². The quantitative estimate of drug-likeness (QED) is 0.640.